The first-order chi connectivity index (χ1) is 7.47. The number of aliphatic hydroxyl groups is 1. The quantitative estimate of drug-likeness (QED) is 0.660. The van der Waals surface area contributed by atoms with Gasteiger partial charge in [-0.3, -0.25) is 9.48 Å². The number of amides is 1. The van der Waals surface area contributed by atoms with Crippen molar-refractivity contribution < 1.29 is 9.90 Å². The molecule has 6 heteroatoms. The molecule has 2 unspecified atom stereocenters. The molecule has 1 aromatic rings. The van der Waals surface area contributed by atoms with Gasteiger partial charge >= 0.3 is 0 Å². The minimum absolute atomic E-state index is 0.00148. The van der Waals surface area contributed by atoms with Crippen molar-refractivity contribution in [2.75, 3.05) is 12.3 Å². The van der Waals surface area contributed by atoms with Gasteiger partial charge in [0.15, 0.2) is 0 Å². The van der Waals surface area contributed by atoms with Gasteiger partial charge in [0.2, 0.25) is 0 Å². The molecule has 90 valence electrons. The molecule has 1 aromatic heterocycles. The molecule has 0 saturated heterocycles. The van der Waals surface area contributed by atoms with Gasteiger partial charge in [0.1, 0.15) is 5.69 Å². The summed E-state index contributed by atoms with van der Waals surface area (Å²) in [6, 6.07) is -0.119. The minimum atomic E-state index is -0.273. The molecule has 0 bridgehead atoms. The predicted molar refractivity (Wildman–Crippen MR) is 60.8 cm³/mol. The molecule has 4 N–H and O–H groups in total. The van der Waals surface area contributed by atoms with E-state index in [1.54, 1.807) is 7.05 Å². The molecule has 6 nitrogen and oxygen atoms in total. The van der Waals surface area contributed by atoms with E-state index in [1.165, 1.54) is 10.9 Å². The third-order valence-electron chi connectivity index (χ3n) is 2.68. The summed E-state index contributed by atoms with van der Waals surface area (Å²) < 4.78 is 1.43. The number of nitrogens with two attached hydrogens (primary N) is 1. The van der Waals surface area contributed by atoms with Crippen molar-refractivity contribution >= 4 is 11.6 Å². The Morgan fingerprint density at radius 2 is 2.31 bits per heavy atom. The van der Waals surface area contributed by atoms with E-state index in [0.717, 1.165) is 0 Å². The van der Waals surface area contributed by atoms with Crippen molar-refractivity contribution in [1.29, 1.82) is 0 Å². The Labute approximate surface area is 94.4 Å². The number of anilines is 1. The fourth-order valence-corrected chi connectivity index (χ4v) is 1.31. The number of hydrogen-bond acceptors (Lipinski definition) is 4. The van der Waals surface area contributed by atoms with E-state index < -0.39 is 0 Å². The van der Waals surface area contributed by atoms with Gasteiger partial charge in [0.25, 0.3) is 5.91 Å². The summed E-state index contributed by atoms with van der Waals surface area (Å²) >= 11 is 0. The topological polar surface area (TPSA) is 93.2 Å². The van der Waals surface area contributed by atoms with Crippen LogP contribution in [0.3, 0.4) is 0 Å². The van der Waals surface area contributed by atoms with Crippen molar-refractivity contribution in [1.82, 2.24) is 15.1 Å². The molecule has 0 radical (unpaired) electrons. The molecule has 0 spiro atoms. The first kappa shape index (κ1) is 12.5. The number of aliphatic hydroxyl groups excluding tert-OH is 1. The molecule has 1 heterocycles. The van der Waals surface area contributed by atoms with Crippen molar-refractivity contribution in [2.45, 2.75) is 19.9 Å². The van der Waals surface area contributed by atoms with Gasteiger partial charge in [-0.1, -0.05) is 6.92 Å². The van der Waals surface area contributed by atoms with Crippen LogP contribution in [0.15, 0.2) is 6.20 Å². The lowest BCUT2D eigenvalue weighted by atomic mass is 10.1. The Bertz CT molecular complexity index is 355. The SMILES string of the molecule is CC(CO)C(C)NC(=O)c1c(N)cnn1C. The summed E-state index contributed by atoms with van der Waals surface area (Å²) in [4.78, 5) is 11.8. The molecule has 0 aromatic carbocycles. The van der Waals surface area contributed by atoms with E-state index >= 15 is 0 Å². The molecule has 0 aliphatic rings. The number of carbonyl (C=O) groups excluding carboxylic acids is 1. The Morgan fingerprint density at radius 1 is 1.69 bits per heavy atom. The van der Waals surface area contributed by atoms with Gasteiger partial charge in [-0.15, -0.1) is 0 Å². The van der Waals surface area contributed by atoms with Crippen LogP contribution in [0.2, 0.25) is 0 Å². The smallest absolute Gasteiger partial charge is 0.271 e. The summed E-state index contributed by atoms with van der Waals surface area (Å²) in [6.07, 6.45) is 1.44. The Balaban J connectivity index is 2.73. The molecule has 16 heavy (non-hydrogen) atoms. The van der Waals surface area contributed by atoms with Crippen LogP contribution in [0, 0.1) is 5.92 Å². The van der Waals surface area contributed by atoms with Gasteiger partial charge in [0.05, 0.1) is 11.9 Å². The molecule has 0 saturated carbocycles. The molecular weight excluding hydrogens is 208 g/mol. The van der Waals surface area contributed by atoms with Gasteiger partial charge in [-0.2, -0.15) is 5.10 Å². The van der Waals surface area contributed by atoms with Gasteiger partial charge < -0.3 is 16.2 Å². The zero-order valence-corrected chi connectivity index (χ0v) is 9.77. The van der Waals surface area contributed by atoms with Crippen LogP contribution >= 0.6 is 0 Å². The number of nitrogen functional groups attached to an aromatic ring is 1. The van der Waals surface area contributed by atoms with Gasteiger partial charge in [-0.05, 0) is 12.8 Å². The van der Waals surface area contributed by atoms with E-state index in [9.17, 15) is 4.79 Å². The maximum absolute atomic E-state index is 11.8. The Kier molecular flexibility index (Phi) is 3.89. The lowest BCUT2D eigenvalue weighted by Gasteiger charge is -2.19. The minimum Gasteiger partial charge on any atom is -0.396 e. The highest BCUT2D eigenvalue weighted by molar-refractivity contribution is 5.97. The van der Waals surface area contributed by atoms with E-state index in [0.29, 0.717) is 11.4 Å². The average molecular weight is 226 g/mol. The highest BCUT2D eigenvalue weighted by Gasteiger charge is 2.19. The molecule has 0 fully saturated rings. The molecular formula is C10H18N4O2. The second kappa shape index (κ2) is 4.98. The lowest BCUT2D eigenvalue weighted by molar-refractivity contribution is 0.0907. The lowest BCUT2D eigenvalue weighted by Crippen LogP contribution is -2.39. The third-order valence-corrected chi connectivity index (χ3v) is 2.68. The number of hydrogen-bond donors (Lipinski definition) is 3. The summed E-state index contributed by atoms with van der Waals surface area (Å²) in [5.41, 5.74) is 6.33. The first-order valence-corrected chi connectivity index (χ1v) is 5.16. The molecule has 0 aliphatic heterocycles. The van der Waals surface area contributed by atoms with Crippen LogP contribution in [0.4, 0.5) is 5.69 Å². The van der Waals surface area contributed by atoms with Crippen molar-refractivity contribution in [3.8, 4) is 0 Å². The van der Waals surface area contributed by atoms with Crippen LogP contribution in [0.5, 0.6) is 0 Å². The van der Waals surface area contributed by atoms with Crippen LogP contribution in [0.25, 0.3) is 0 Å². The summed E-state index contributed by atoms with van der Waals surface area (Å²) in [7, 11) is 1.66. The zero-order chi connectivity index (χ0) is 12.3. The Hall–Kier alpha value is -1.56. The summed E-state index contributed by atoms with van der Waals surface area (Å²) in [6.45, 7) is 3.73. The number of nitrogens with one attached hydrogen (secondary N) is 1. The highest BCUT2D eigenvalue weighted by atomic mass is 16.3. The van der Waals surface area contributed by atoms with Crippen LogP contribution in [-0.2, 0) is 7.05 Å². The fourth-order valence-electron chi connectivity index (χ4n) is 1.31. The second-order valence-electron chi connectivity index (χ2n) is 3.99. The fraction of sp³-hybridized carbons (Fsp3) is 0.600. The molecule has 1 amide bonds. The van der Waals surface area contributed by atoms with Gasteiger partial charge in [0, 0.05) is 19.7 Å². The van der Waals surface area contributed by atoms with Crippen LogP contribution in [0.1, 0.15) is 24.3 Å². The van der Waals surface area contributed by atoms with E-state index in [1.807, 2.05) is 13.8 Å². The van der Waals surface area contributed by atoms with Gasteiger partial charge in [-0.25, -0.2) is 0 Å². The normalized spacial score (nSPS) is 14.5. The van der Waals surface area contributed by atoms with E-state index in [4.69, 9.17) is 10.8 Å². The van der Waals surface area contributed by atoms with Crippen molar-refractivity contribution in [3.05, 3.63) is 11.9 Å². The average Bonchev–Trinajstić information content (AvgIpc) is 2.57. The number of nitrogens with zero attached hydrogens (tertiary/aromatic N) is 2. The summed E-state index contributed by atoms with van der Waals surface area (Å²) in [5.74, 6) is -0.274. The number of carbonyl (C=O) groups is 1. The first-order valence-electron chi connectivity index (χ1n) is 5.16. The molecule has 1 rings (SSSR count). The third kappa shape index (κ3) is 2.52. The predicted octanol–water partition coefficient (Wildman–Crippen LogP) is -0.251. The monoisotopic (exact) mass is 226 g/mol. The Morgan fingerprint density at radius 3 is 2.75 bits per heavy atom. The maximum Gasteiger partial charge on any atom is 0.271 e. The largest absolute Gasteiger partial charge is 0.396 e. The summed E-state index contributed by atoms with van der Waals surface area (Å²) in [5, 5.41) is 15.6. The maximum atomic E-state index is 11.8. The highest BCUT2D eigenvalue weighted by Crippen LogP contribution is 2.10. The number of rotatable bonds is 4. The number of aromatic nitrogens is 2. The van der Waals surface area contributed by atoms with Crippen molar-refractivity contribution in [2.24, 2.45) is 13.0 Å². The molecule has 0 aliphatic carbocycles. The van der Waals surface area contributed by atoms with Crippen molar-refractivity contribution in [3.63, 3.8) is 0 Å². The van der Waals surface area contributed by atoms with Crippen LogP contribution in [-0.4, -0.2) is 33.4 Å². The zero-order valence-electron chi connectivity index (χ0n) is 9.77. The van der Waals surface area contributed by atoms with E-state index in [-0.39, 0.29) is 24.5 Å². The standard InChI is InChI=1S/C10H18N4O2/c1-6(5-15)7(2)13-10(16)9-8(11)4-12-14(9)3/h4,6-7,15H,5,11H2,1-3H3,(H,13,16). The van der Waals surface area contributed by atoms with Crippen LogP contribution < -0.4 is 11.1 Å². The molecule has 2 atom stereocenters. The number of aryl methyl sites for hydroxylation is 1. The second-order valence-corrected chi connectivity index (χ2v) is 3.99. The van der Waals surface area contributed by atoms with E-state index in [2.05, 4.69) is 10.4 Å².